The van der Waals surface area contributed by atoms with Gasteiger partial charge in [-0.1, -0.05) is 43.2 Å². The molecule has 0 fully saturated rings. The van der Waals surface area contributed by atoms with E-state index in [2.05, 4.69) is 4.72 Å². The third kappa shape index (κ3) is 4.44. The Kier molecular flexibility index (Phi) is 5.37. The Morgan fingerprint density at radius 1 is 1.50 bits per heavy atom. The maximum atomic E-state index is 11.8. The predicted molar refractivity (Wildman–Crippen MR) is 79.7 cm³/mol. The van der Waals surface area contributed by atoms with E-state index in [1.165, 1.54) is 6.07 Å². The first-order chi connectivity index (χ1) is 8.35. The molecule has 1 rings (SSSR count). The fourth-order valence-corrected chi connectivity index (χ4v) is 2.93. The molecule has 0 atom stereocenters. The van der Waals surface area contributed by atoms with E-state index >= 15 is 0 Å². The van der Waals surface area contributed by atoms with Gasteiger partial charge >= 0.3 is 0 Å². The molecule has 7 heteroatoms. The van der Waals surface area contributed by atoms with Crippen LogP contribution in [-0.4, -0.2) is 19.2 Å². The zero-order valence-electron chi connectivity index (χ0n) is 9.94. The molecule has 0 aliphatic rings. The lowest BCUT2D eigenvalue weighted by molar-refractivity contribution is 0.598. The zero-order chi connectivity index (χ0) is 13.8. The predicted octanol–water partition coefficient (Wildman–Crippen LogP) is 2.52. The molecule has 0 unspecified atom stereocenters. The summed E-state index contributed by atoms with van der Waals surface area (Å²) in [5.74, 6) is 0.0666. The van der Waals surface area contributed by atoms with E-state index in [1.807, 2.05) is 6.92 Å². The summed E-state index contributed by atoms with van der Waals surface area (Å²) in [6.07, 6.45) is 1.41. The second-order valence-electron chi connectivity index (χ2n) is 3.83. The highest BCUT2D eigenvalue weighted by Gasteiger charge is 2.12. The lowest BCUT2D eigenvalue weighted by Crippen LogP contribution is -2.17. The first kappa shape index (κ1) is 15.2. The SMILES string of the molecule is CCCCS(=O)(=O)Nc1cc(C(N)=S)ccc1Cl. The van der Waals surface area contributed by atoms with E-state index in [0.717, 1.165) is 6.42 Å². The van der Waals surface area contributed by atoms with Crippen molar-refractivity contribution in [3.63, 3.8) is 0 Å². The molecule has 0 aromatic heterocycles. The van der Waals surface area contributed by atoms with Gasteiger partial charge in [-0.2, -0.15) is 0 Å². The van der Waals surface area contributed by atoms with Crippen molar-refractivity contribution in [2.75, 3.05) is 10.5 Å². The largest absolute Gasteiger partial charge is 0.389 e. The number of hydrogen-bond donors (Lipinski definition) is 2. The number of thiocarbonyl (C=S) groups is 1. The molecule has 0 bridgehead atoms. The van der Waals surface area contributed by atoms with Crippen LogP contribution in [0.15, 0.2) is 18.2 Å². The maximum Gasteiger partial charge on any atom is 0.232 e. The topological polar surface area (TPSA) is 72.2 Å². The van der Waals surface area contributed by atoms with Crippen LogP contribution in [0.1, 0.15) is 25.3 Å². The van der Waals surface area contributed by atoms with Gasteiger partial charge in [0, 0.05) is 5.56 Å². The van der Waals surface area contributed by atoms with E-state index in [9.17, 15) is 8.42 Å². The Labute approximate surface area is 118 Å². The Balaban J connectivity index is 2.96. The summed E-state index contributed by atoms with van der Waals surface area (Å²) >= 11 is 10.8. The number of benzene rings is 1. The van der Waals surface area contributed by atoms with E-state index in [4.69, 9.17) is 29.6 Å². The average molecular weight is 307 g/mol. The number of unbranched alkanes of at least 4 members (excludes halogenated alkanes) is 1. The van der Waals surface area contributed by atoms with Crippen molar-refractivity contribution in [2.45, 2.75) is 19.8 Å². The molecule has 0 spiro atoms. The van der Waals surface area contributed by atoms with Gasteiger partial charge in [-0.3, -0.25) is 4.72 Å². The van der Waals surface area contributed by atoms with Crippen LogP contribution in [0.3, 0.4) is 0 Å². The van der Waals surface area contributed by atoms with Crippen molar-refractivity contribution in [3.05, 3.63) is 28.8 Å². The summed E-state index contributed by atoms with van der Waals surface area (Å²) in [5, 5.41) is 0.315. The number of halogens is 1. The van der Waals surface area contributed by atoms with Crippen molar-refractivity contribution in [2.24, 2.45) is 5.73 Å². The van der Waals surface area contributed by atoms with Gasteiger partial charge in [-0.05, 0) is 18.6 Å². The summed E-state index contributed by atoms with van der Waals surface area (Å²) in [5.41, 5.74) is 6.36. The van der Waals surface area contributed by atoms with Gasteiger partial charge in [0.15, 0.2) is 0 Å². The summed E-state index contributed by atoms with van der Waals surface area (Å²) in [6.45, 7) is 1.93. The van der Waals surface area contributed by atoms with Crippen LogP contribution >= 0.6 is 23.8 Å². The van der Waals surface area contributed by atoms with Gasteiger partial charge in [0.05, 0.1) is 16.5 Å². The molecule has 0 heterocycles. The Hall–Kier alpha value is -0.850. The number of sulfonamides is 1. The van der Waals surface area contributed by atoms with Crippen molar-refractivity contribution >= 4 is 44.5 Å². The maximum absolute atomic E-state index is 11.8. The number of hydrogen-bond acceptors (Lipinski definition) is 3. The smallest absolute Gasteiger partial charge is 0.232 e. The Bertz CT molecular complexity index is 544. The van der Waals surface area contributed by atoms with Crippen LogP contribution in [0, 0.1) is 0 Å². The van der Waals surface area contributed by atoms with Crippen LogP contribution in [0.25, 0.3) is 0 Å². The molecular weight excluding hydrogens is 292 g/mol. The molecule has 0 saturated carbocycles. The molecule has 100 valence electrons. The molecule has 4 nitrogen and oxygen atoms in total. The van der Waals surface area contributed by atoms with Gasteiger partial charge < -0.3 is 5.73 Å². The molecule has 0 radical (unpaired) electrons. The fourth-order valence-electron chi connectivity index (χ4n) is 1.31. The highest BCUT2D eigenvalue weighted by Crippen LogP contribution is 2.24. The minimum atomic E-state index is -3.38. The van der Waals surface area contributed by atoms with E-state index in [-0.39, 0.29) is 10.7 Å². The minimum Gasteiger partial charge on any atom is -0.389 e. The van der Waals surface area contributed by atoms with Gasteiger partial charge in [0.2, 0.25) is 10.0 Å². The summed E-state index contributed by atoms with van der Waals surface area (Å²) in [4.78, 5) is 0.195. The van der Waals surface area contributed by atoms with Crippen molar-refractivity contribution in [1.29, 1.82) is 0 Å². The number of nitrogens with one attached hydrogen (secondary N) is 1. The third-order valence-corrected chi connectivity index (χ3v) is 4.21. The quantitative estimate of drug-likeness (QED) is 0.792. The summed E-state index contributed by atoms with van der Waals surface area (Å²) in [7, 11) is -3.38. The monoisotopic (exact) mass is 306 g/mol. The lowest BCUT2D eigenvalue weighted by atomic mass is 10.2. The summed E-state index contributed by atoms with van der Waals surface area (Å²) in [6, 6.07) is 4.75. The molecule has 0 aliphatic heterocycles. The number of nitrogens with two attached hydrogens (primary N) is 1. The third-order valence-electron chi connectivity index (χ3n) is 2.28. The van der Waals surface area contributed by atoms with Crippen LogP contribution in [-0.2, 0) is 10.0 Å². The Morgan fingerprint density at radius 2 is 2.17 bits per heavy atom. The highest BCUT2D eigenvalue weighted by molar-refractivity contribution is 7.92. The highest BCUT2D eigenvalue weighted by atomic mass is 35.5. The normalized spacial score (nSPS) is 11.2. The molecule has 1 aromatic rings. The molecule has 18 heavy (non-hydrogen) atoms. The zero-order valence-corrected chi connectivity index (χ0v) is 12.3. The molecular formula is C11H15ClN2O2S2. The van der Waals surface area contributed by atoms with Gasteiger partial charge in [0.1, 0.15) is 4.99 Å². The second-order valence-corrected chi connectivity index (χ2v) is 6.52. The van der Waals surface area contributed by atoms with Crippen LogP contribution < -0.4 is 10.5 Å². The van der Waals surface area contributed by atoms with Crippen molar-refractivity contribution in [1.82, 2.24) is 0 Å². The first-order valence-corrected chi connectivity index (χ1v) is 7.89. The van der Waals surface area contributed by atoms with Gasteiger partial charge in [0.25, 0.3) is 0 Å². The van der Waals surface area contributed by atoms with Gasteiger partial charge in [-0.15, -0.1) is 0 Å². The Morgan fingerprint density at radius 3 is 2.72 bits per heavy atom. The van der Waals surface area contributed by atoms with E-state index < -0.39 is 10.0 Å². The van der Waals surface area contributed by atoms with Gasteiger partial charge in [-0.25, -0.2) is 8.42 Å². The molecule has 3 N–H and O–H groups in total. The number of rotatable bonds is 6. The summed E-state index contributed by atoms with van der Waals surface area (Å²) < 4.78 is 26.0. The van der Waals surface area contributed by atoms with E-state index in [1.54, 1.807) is 12.1 Å². The van der Waals surface area contributed by atoms with E-state index in [0.29, 0.717) is 22.7 Å². The standard InChI is InChI=1S/C11H15ClN2O2S2/c1-2-3-6-18(15,16)14-10-7-8(11(13)17)4-5-9(10)12/h4-5,7,14H,2-3,6H2,1H3,(H2,13,17). The van der Waals surface area contributed by atoms with Crippen LogP contribution in [0.4, 0.5) is 5.69 Å². The first-order valence-electron chi connectivity index (χ1n) is 5.45. The average Bonchev–Trinajstić information content (AvgIpc) is 2.29. The fraction of sp³-hybridized carbons (Fsp3) is 0.364. The second kappa shape index (κ2) is 6.36. The number of anilines is 1. The molecule has 0 saturated heterocycles. The van der Waals surface area contributed by atoms with Crippen molar-refractivity contribution < 1.29 is 8.42 Å². The lowest BCUT2D eigenvalue weighted by Gasteiger charge is -2.10. The molecule has 1 aromatic carbocycles. The molecule has 0 aliphatic carbocycles. The minimum absolute atomic E-state index is 0.0666. The van der Waals surface area contributed by atoms with Crippen LogP contribution in [0.2, 0.25) is 5.02 Å². The van der Waals surface area contributed by atoms with Crippen LogP contribution in [0.5, 0.6) is 0 Å². The molecule has 0 amide bonds. The van der Waals surface area contributed by atoms with Crippen molar-refractivity contribution in [3.8, 4) is 0 Å².